The first-order valence-electron chi connectivity index (χ1n) is 3.77. The van der Waals surface area contributed by atoms with Crippen molar-refractivity contribution in [1.82, 2.24) is 4.98 Å². The van der Waals surface area contributed by atoms with Crippen molar-refractivity contribution in [3.63, 3.8) is 0 Å². The molecule has 5 nitrogen and oxygen atoms in total. The number of hydrogen-bond donors (Lipinski definition) is 1. The van der Waals surface area contributed by atoms with Gasteiger partial charge in [-0.3, -0.25) is 0 Å². The van der Waals surface area contributed by atoms with Crippen LogP contribution in [0.5, 0.6) is 11.6 Å². The van der Waals surface area contributed by atoms with Gasteiger partial charge in [-0.25, -0.2) is 22.2 Å². The van der Waals surface area contributed by atoms with Crippen LogP contribution in [0.2, 0.25) is 0 Å². The molecule has 0 aliphatic carbocycles. The molecule has 0 aliphatic heterocycles. The minimum atomic E-state index is -4.50. The molecule has 0 unspecified atom stereocenters. The van der Waals surface area contributed by atoms with Gasteiger partial charge in [-0.2, -0.15) is 0 Å². The molecule has 9 heteroatoms. The van der Waals surface area contributed by atoms with E-state index in [2.05, 4.69) is 9.72 Å². The Labute approximate surface area is 94.1 Å². The average Bonchev–Trinajstić information content (AvgIpc) is 2.15. The lowest BCUT2D eigenvalue weighted by molar-refractivity contribution is 0.142. The molecule has 0 amide bonds. The number of aromatic hydroxyl groups is 1. The molecule has 0 saturated carbocycles. The Balaban J connectivity index is 3.70. The van der Waals surface area contributed by atoms with Gasteiger partial charge in [-0.15, -0.1) is 0 Å². The monoisotopic (exact) mass is 273 g/mol. The van der Waals surface area contributed by atoms with Gasteiger partial charge in [0.1, 0.15) is 5.75 Å². The van der Waals surface area contributed by atoms with E-state index in [1.54, 1.807) is 0 Å². The average molecular weight is 274 g/mol. The lowest BCUT2D eigenvalue weighted by Gasteiger charge is -2.10. The van der Waals surface area contributed by atoms with Crippen molar-refractivity contribution in [2.24, 2.45) is 0 Å². The van der Waals surface area contributed by atoms with Crippen LogP contribution >= 0.6 is 10.7 Å². The van der Waals surface area contributed by atoms with Crippen molar-refractivity contribution < 1.29 is 27.0 Å². The zero-order chi connectivity index (χ0) is 12.5. The van der Waals surface area contributed by atoms with Crippen molar-refractivity contribution in [3.05, 3.63) is 11.8 Å². The predicted octanol–water partition coefficient (Wildman–Crippen LogP) is 1.66. The van der Waals surface area contributed by atoms with Crippen LogP contribution in [-0.2, 0) is 9.05 Å². The summed E-state index contributed by atoms with van der Waals surface area (Å²) in [7, 11) is 1.51. The molecule has 0 radical (unpaired) electrons. The maximum absolute atomic E-state index is 12.6. The van der Waals surface area contributed by atoms with E-state index in [1.165, 1.54) is 0 Å². The summed E-state index contributed by atoms with van der Waals surface area (Å²) in [6.07, 6.45) is -2.56. The Morgan fingerprint density at radius 3 is 2.50 bits per heavy atom. The predicted molar refractivity (Wildman–Crippen MR) is 50.4 cm³/mol. The van der Waals surface area contributed by atoms with Crippen LogP contribution in [0, 0.1) is 0 Å². The molecular formula is C7H6ClF2NO4S. The van der Waals surface area contributed by atoms with E-state index in [1.807, 2.05) is 0 Å². The fraction of sp³-hybridized carbons (Fsp3) is 0.286. The summed E-state index contributed by atoms with van der Waals surface area (Å²) in [6.45, 7) is 0. The Kier molecular flexibility index (Phi) is 3.54. The third-order valence-electron chi connectivity index (χ3n) is 1.67. The molecule has 0 bridgehead atoms. The van der Waals surface area contributed by atoms with Crippen LogP contribution in [-0.4, -0.2) is 25.6 Å². The van der Waals surface area contributed by atoms with Crippen molar-refractivity contribution in [1.29, 1.82) is 0 Å². The van der Waals surface area contributed by atoms with Gasteiger partial charge in [0.05, 0.1) is 18.9 Å². The van der Waals surface area contributed by atoms with Gasteiger partial charge in [-0.1, -0.05) is 0 Å². The second-order valence-corrected chi connectivity index (χ2v) is 5.14. The highest BCUT2D eigenvalue weighted by Crippen LogP contribution is 2.39. The minimum absolute atomic E-state index is 0.594. The molecule has 1 heterocycles. The van der Waals surface area contributed by atoms with E-state index in [0.29, 0.717) is 6.20 Å². The molecule has 0 aromatic carbocycles. The third kappa shape index (κ3) is 2.33. The fourth-order valence-electron chi connectivity index (χ4n) is 1.07. The quantitative estimate of drug-likeness (QED) is 0.848. The van der Waals surface area contributed by atoms with Gasteiger partial charge in [0.15, 0.2) is 4.90 Å². The molecule has 0 spiro atoms. The van der Waals surface area contributed by atoms with Crippen LogP contribution in [0.1, 0.15) is 12.0 Å². The van der Waals surface area contributed by atoms with E-state index in [0.717, 1.165) is 7.11 Å². The highest BCUT2D eigenvalue weighted by atomic mass is 35.7. The number of nitrogens with zero attached hydrogens (tertiary/aromatic N) is 1. The van der Waals surface area contributed by atoms with Gasteiger partial charge in [0.2, 0.25) is 5.88 Å². The largest absolute Gasteiger partial charge is 0.506 e. The Bertz CT molecular complexity index is 505. The normalized spacial score (nSPS) is 11.8. The van der Waals surface area contributed by atoms with Gasteiger partial charge < -0.3 is 9.84 Å². The zero-order valence-corrected chi connectivity index (χ0v) is 9.39. The van der Waals surface area contributed by atoms with Gasteiger partial charge >= 0.3 is 0 Å². The van der Waals surface area contributed by atoms with Gasteiger partial charge in [0.25, 0.3) is 15.5 Å². The molecule has 1 rings (SSSR count). The highest BCUT2D eigenvalue weighted by molar-refractivity contribution is 8.13. The molecule has 16 heavy (non-hydrogen) atoms. The van der Waals surface area contributed by atoms with Crippen molar-refractivity contribution in [3.8, 4) is 11.6 Å². The van der Waals surface area contributed by atoms with Crippen molar-refractivity contribution >= 4 is 19.7 Å². The summed E-state index contributed by atoms with van der Waals surface area (Å²) in [5.74, 6) is -1.56. The molecule has 0 aliphatic rings. The summed E-state index contributed by atoms with van der Waals surface area (Å²) in [5.41, 5.74) is -1.12. The maximum atomic E-state index is 12.6. The topological polar surface area (TPSA) is 76.5 Å². The number of pyridine rings is 1. The molecule has 1 aromatic heterocycles. The van der Waals surface area contributed by atoms with Crippen LogP contribution in [0.25, 0.3) is 0 Å². The van der Waals surface area contributed by atoms with E-state index < -0.39 is 37.6 Å². The van der Waals surface area contributed by atoms with E-state index in [4.69, 9.17) is 15.8 Å². The lowest BCUT2D eigenvalue weighted by atomic mass is 10.2. The molecule has 1 N–H and O–H groups in total. The minimum Gasteiger partial charge on any atom is -0.506 e. The first kappa shape index (κ1) is 12.9. The Hall–Kier alpha value is -1.15. The van der Waals surface area contributed by atoms with Gasteiger partial charge in [-0.05, 0) is 0 Å². The van der Waals surface area contributed by atoms with Crippen molar-refractivity contribution in [2.75, 3.05) is 7.11 Å². The number of ether oxygens (including phenoxy) is 1. The van der Waals surface area contributed by atoms with Crippen molar-refractivity contribution in [2.45, 2.75) is 11.3 Å². The smallest absolute Gasteiger partial charge is 0.268 e. The van der Waals surface area contributed by atoms with E-state index >= 15 is 0 Å². The molecule has 0 atom stereocenters. The second-order valence-electron chi connectivity index (χ2n) is 2.63. The number of halogens is 3. The summed E-state index contributed by atoms with van der Waals surface area (Å²) in [4.78, 5) is 2.32. The first-order valence-corrected chi connectivity index (χ1v) is 6.08. The molecule has 0 fully saturated rings. The molecule has 0 saturated heterocycles. The summed E-state index contributed by atoms with van der Waals surface area (Å²) < 4.78 is 51.8. The number of hydrogen-bond acceptors (Lipinski definition) is 5. The number of alkyl halides is 2. The van der Waals surface area contributed by atoms with E-state index in [-0.39, 0.29) is 0 Å². The number of rotatable bonds is 3. The second kappa shape index (κ2) is 4.38. The highest BCUT2D eigenvalue weighted by Gasteiger charge is 2.30. The van der Waals surface area contributed by atoms with Crippen LogP contribution < -0.4 is 4.74 Å². The van der Waals surface area contributed by atoms with Crippen LogP contribution in [0.3, 0.4) is 0 Å². The van der Waals surface area contributed by atoms with E-state index in [9.17, 15) is 17.2 Å². The summed E-state index contributed by atoms with van der Waals surface area (Å²) in [5, 5.41) is 9.12. The zero-order valence-electron chi connectivity index (χ0n) is 7.82. The third-order valence-corrected chi connectivity index (χ3v) is 3.02. The molecule has 1 aromatic rings. The summed E-state index contributed by atoms with van der Waals surface area (Å²) >= 11 is 0. The molecular weight excluding hydrogens is 268 g/mol. The number of methoxy groups -OCH3 is 1. The summed E-state index contributed by atoms with van der Waals surface area (Å²) in [6, 6.07) is 0. The standard InChI is InChI=1S/C7H6ClF2NO4S/c1-15-7-5(16(8,13)14)4(6(9)10)3(12)2-11-7/h2,6,12H,1H3. The molecule has 90 valence electrons. The SMILES string of the molecule is COc1ncc(O)c(C(F)F)c1S(=O)(=O)Cl. The lowest BCUT2D eigenvalue weighted by Crippen LogP contribution is -2.04. The Morgan fingerprint density at radius 1 is 1.56 bits per heavy atom. The van der Waals surface area contributed by atoms with Crippen LogP contribution in [0.4, 0.5) is 8.78 Å². The fourth-order valence-corrected chi connectivity index (χ4v) is 2.32. The van der Waals surface area contributed by atoms with Crippen LogP contribution in [0.15, 0.2) is 11.1 Å². The maximum Gasteiger partial charge on any atom is 0.268 e. The Morgan fingerprint density at radius 2 is 2.12 bits per heavy atom. The van der Waals surface area contributed by atoms with Gasteiger partial charge in [0, 0.05) is 10.7 Å². The number of aromatic nitrogens is 1. The first-order chi connectivity index (χ1) is 7.29.